The summed E-state index contributed by atoms with van der Waals surface area (Å²) in [5.41, 5.74) is 4.51. The average molecular weight is 587 g/mol. The van der Waals surface area contributed by atoms with Gasteiger partial charge in [0.05, 0.1) is 5.70 Å². The molecular formula is C26H26F4N2O7S. The van der Waals surface area contributed by atoms with E-state index < -0.39 is 71.0 Å². The number of carbonyl (C=O) groups excluding carboxylic acids is 3. The highest BCUT2D eigenvalue weighted by Gasteiger charge is 2.50. The minimum Gasteiger partial charge on any atom is -0.463 e. The Hall–Kier alpha value is -3.78. The van der Waals surface area contributed by atoms with E-state index in [1.165, 1.54) is 24.3 Å². The van der Waals surface area contributed by atoms with Gasteiger partial charge in [0.2, 0.25) is 0 Å². The molecule has 2 aromatic carbocycles. The molecule has 40 heavy (non-hydrogen) atoms. The van der Waals surface area contributed by atoms with Gasteiger partial charge >= 0.3 is 17.9 Å². The Labute approximate surface area is 231 Å². The van der Waals surface area contributed by atoms with Crippen LogP contribution >= 0.6 is 11.8 Å². The molecule has 1 aliphatic heterocycles. The van der Waals surface area contributed by atoms with Crippen molar-refractivity contribution in [1.82, 2.24) is 5.32 Å². The van der Waals surface area contributed by atoms with Crippen LogP contribution in [0.2, 0.25) is 0 Å². The van der Waals surface area contributed by atoms with E-state index in [0.29, 0.717) is 17.0 Å². The second-order valence-electron chi connectivity index (χ2n) is 8.61. The van der Waals surface area contributed by atoms with Crippen molar-refractivity contribution in [2.45, 2.75) is 55.5 Å². The molecule has 5 atom stereocenters. The van der Waals surface area contributed by atoms with Crippen molar-refractivity contribution >= 4 is 35.4 Å². The van der Waals surface area contributed by atoms with Gasteiger partial charge in [-0.3, -0.25) is 14.4 Å². The zero-order valence-electron chi connectivity index (χ0n) is 21.5. The van der Waals surface area contributed by atoms with E-state index in [9.17, 15) is 31.9 Å². The first-order chi connectivity index (χ1) is 18.8. The Morgan fingerprint density at radius 3 is 2.08 bits per heavy atom. The van der Waals surface area contributed by atoms with Crippen molar-refractivity contribution in [3.63, 3.8) is 0 Å². The van der Waals surface area contributed by atoms with E-state index in [-0.39, 0.29) is 17.9 Å². The Morgan fingerprint density at radius 2 is 1.52 bits per heavy atom. The van der Waals surface area contributed by atoms with Crippen LogP contribution in [0.15, 0.2) is 47.5 Å². The van der Waals surface area contributed by atoms with Gasteiger partial charge < -0.3 is 30.0 Å². The number of halogens is 4. The maximum Gasteiger partial charge on any atom is 0.303 e. The number of rotatable bonds is 9. The lowest BCUT2D eigenvalue weighted by molar-refractivity contribution is -0.203. The Morgan fingerprint density at radius 1 is 0.950 bits per heavy atom. The third kappa shape index (κ3) is 8.11. The molecule has 3 N–H and O–H groups in total. The molecule has 0 radical (unpaired) electrons. The lowest BCUT2D eigenvalue weighted by Gasteiger charge is -2.45. The summed E-state index contributed by atoms with van der Waals surface area (Å²) in [5.74, 6) is -7.22. The number of carbonyl (C=O) groups is 3. The van der Waals surface area contributed by atoms with Crippen molar-refractivity contribution in [2.24, 2.45) is 5.73 Å². The van der Waals surface area contributed by atoms with Gasteiger partial charge in [0, 0.05) is 37.4 Å². The number of hydrogen-bond acceptors (Lipinski definition) is 10. The quantitative estimate of drug-likeness (QED) is 0.195. The molecule has 0 bridgehead atoms. The lowest BCUT2D eigenvalue weighted by atomic mass is 9.96. The standard InChI is InChI=1S/C26H26F4N2O7S/c1-12(33)36-11-21-24(37-13(2)34)23(32-10-20(31)15-8-18(28)22(30)19(29)9-15)25(38-14(3)35)26(39-21)40-17-6-4-16(27)5-7-17/h4-10,21,23-26,32H,11,31H2,1-3H3/b20-10-. The molecule has 0 amide bonds. The topological polar surface area (TPSA) is 126 Å². The van der Waals surface area contributed by atoms with E-state index in [1.807, 2.05) is 0 Å². The molecule has 5 unspecified atom stereocenters. The van der Waals surface area contributed by atoms with Gasteiger partial charge in [0.15, 0.2) is 29.7 Å². The van der Waals surface area contributed by atoms with Crippen LogP contribution in [0.4, 0.5) is 17.6 Å². The molecule has 2 aromatic rings. The fourth-order valence-corrected chi connectivity index (χ4v) is 4.95. The number of thioether (sulfide) groups is 1. The van der Waals surface area contributed by atoms with Crippen LogP contribution in [0.5, 0.6) is 0 Å². The van der Waals surface area contributed by atoms with Crippen LogP contribution in [-0.4, -0.2) is 54.3 Å². The van der Waals surface area contributed by atoms with E-state index in [0.717, 1.165) is 38.7 Å². The molecule has 216 valence electrons. The summed E-state index contributed by atoms with van der Waals surface area (Å²) in [5, 5.41) is 2.85. The summed E-state index contributed by atoms with van der Waals surface area (Å²) >= 11 is 1.04. The Kier molecular flexibility index (Phi) is 10.4. The third-order valence-electron chi connectivity index (χ3n) is 5.52. The second-order valence-corrected chi connectivity index (χ2v) is 9.78. The summed E-state index contributed by atoms with van der Waals surface area (Å²) < 4.78 is 76.6. The SMILES string of the molecule is CC(=O)OCC1OC(Sc2ccc(F)cc2)C(OC(C)=O)C(N/C=C(\N)c2cc(F)c(F)c(F)c2)C1OC(C)=O. The highest BCUT2D eigenvalue weighted by atomic mass is 32.2. The van der Waals surface area contributed by atoms with Gasteiger partial charge in [-0.05, 0) is 36.4 Å². The molecular weight excluding hydrogens is 560 g/mol. The number of nitrogens with one attached hydrogen (secondary N) is 1. The van der Waals surface area contributed by atoms with Crippen molar-refractivity contribution in [3.05, 3.63) is 71.4 Å². The van der Waals surface area contributed by atoms with Crippen molar-refractivity contribution in [3.8, 4) is 0 Å². The predicted molar refractivity (Wildman–Crippen MR) is 134 cm³/mol. The summed E-state index contributed by atoms with van der Waals surface area (Å²) in [7, 11) is 0. The molecule has 0 aliphatic carbocycles. The second kappa shape index (κ2) is 13.5. The maximum atomic E-state index is 13.8. The van der Waals surface area contributed by atoms with Gasteiger partial charge in [-0.2, -0.15) is 0 Å². The predicted octanol–water partition coefficient (Wildman–Crippen LogP) is 3.40. The molecule has 1 heterocycles. The molecule has 1 saturated heterocycles. The van der Waals surface area contributed by atoms with Crippen molar-refractivity contribution in [2.75, 3.05) is 6.61 Å². The lowest BCUT2D eigenvalue weighted by Crippen LogP contribution is -2.64. The van der Waals surface area contributed by atoms with E-state index >= 15 is 0 Å². The van der Waals surface area contributed by atoms with Crippen molar-refractivity contribution in [1.29, 1.82) is 0 Å². The van der Waals surface area contributed by atoms with Gasteiger partial charge in [-0.25, -0.2) is 17.6 Å². The monoisotopic (exact) mass is 586 g/mol. The van der Waals surface area contributed by atoms with Gasteiger partial charge in [0.1, 0.15) is 30.0 Å². The molecule has 0 saturated carbocycles. The minimum absolute atomic E-state index is 0.210. The molecule has 1 aliphatic rings. The highest BCUT2D eigenvalue weighted by molar-refractivity contribution is 7.99. The van der Waals surface area contributed by atoms with Crippen LogP contribution in [0.1, 0.15) is 26.3 Å². The molecule has 9 nitrogen and oxygen atoms in total. The molecule has 0 spiro atoms. The first-order valence-electron chi connectivity index (χ1n) is 11.8. The van der Waals surface area contributed by atoms with Crippen LogP contribution in [-0.2, 0) is 33.3 Å². The number of esters is 3. The summed E-state index contributed by atoms with van der Waals surface area (Å²) in [6, 6.07) is 5.60. The molecule has 14 heteroatoms. The summed E-state index contributed by atoms with van der Waals surface area (Å²) in [4.78, 5) is 36.2. The Bertz CT molecular complexity index is 1260. The van der Waals surface area contributed by atoms with E-state index in [4.69, 9.17) is 24.7 Å². The van der Waals surface area contributed by atoms with Crippen LogP contribution in [0.25, 0.3) is 5.70 Å². The number of hydrogen-bond donors (Lipinski definition) is 2. The fourth-order valence-electron chi connectivity index (χ4n) is 3.83. The van der Waals surface area contributed by atoms with Crippen LogP contribution < -0.4 is 11.1 Å². The highest BCUT2D eigenvalue weighted by Crippen LogP contribution is 2.36. The summed E-state index contributed by atoms with van der Waals surface area (Å²) in [6.45, 7) is 3.05. The first kappa shape index (κ1) is 30.8. The third-order valence-corrected chi connectivity index (χ3v) is 6.68. The minimum atomic E-state index is -1.67. The number of benzene rings is 2. The Balaban J connectivity index is 2.04. The van der Waals surface area contributed by atoms with Crippen LogP contribution in [0.3, 0.4) is 0 Å². The zero-order valence-corrected chi connectivity index (χ0v) is 22.3. The van der Waals surface area contributed by atoms with Crippen LogP contribution in [0, 0.1) is 23.3 Å². The maximum absolute atomic E-state index is 13.8. The van der Waals surface area contributed by atoms with Crippen molar-refractivity contribution < 1.29 is 50.9 Å². The fraction of sp³-hybridized carbons (Fsp3) is 0.346. The molecule has 0 aromatic heterocycles. The zero-order chi connectivity index (χ0) is 29.6. The smallest absolute Gasteiger partial charge is 0.303 e. The number of ether oxygens (including phenoxy) is 4. The first-order valence-corrected chi connectivity index (χ1v) is 12.7. The van der Waals surface area contributed by atoms with Gasteiger partial charge in [-0.1, -0.05) is 11.8 Å². The average Bonchev–Trinajstić information content (AvgIpc) is 2.87. The normalized spacial score (nSPS) is 22.8. The van der Waals surface area contributed by atoms with E-state index in [1.54, 1.807) is 0 Å². The van der Waals surface area contributed by atoms with Gasteiger partial charge in [-0.15, -0.1) is 0 Å². The van der Waals surface area contributed by atoms with E-state index in [2.05, 4.69) is 5.32 Å². The summed E-state index contributed by atoms with van der Waals surface area (Å²) in [6.07, 6.45) is -2.42. The number of nitrogens with two attached hydrogens (primary N) is 1. The van der Waals surface area contributed by atoms with Gasteiger partial charge in [0.25, 0.3) is 0 Å². The molecule has 3 rings (SSSR count). The molecule has 1 fully saturated rings. The largest absolute Gasteiger partial charge is 0.463 e.